The first-order valence-electron chi connectivity index (χ1n) is 8.26. The summed E-state index contributed by atoms with van der Waals surface area (Å²) >= 11 is 1.67. The van der Waals surface area contributed by atoms with Crippen LogP contribution in [0.15, 0.2) is 5.38 Å². The minimum Gasteiger partial charge on any atom is -0.368 e. The molecule has 0 bridgehead atoms. The Morgan fingerprint density at radius 3 is 2.91 bits per heavy atom. The molecule has 0 aliphatic carbocycles. The molecule has 22 heavy (non-hydrogen) atoms. The van der Waals surface area contributed by atoms with Crippen molar-refractivity contribution in [3.63, 3.8) is 0 Å². The number of amides is 1. The molecular formula is C16H25N3O2S. The van der Waals surface area contributed by atoms with Crippen LogP contribution in [0.4, 0.5) is 0 Å². The van der Waals surface area contributed by atoms with Crippen molar-refractivity contribution in [3.8, 4) is 0 Å². The number of morpholine rings is 1. The molecule has 6 heteroatoms. The Morgan fingerprint density at radius 1 is 1.36 bits per heavy atom. The summed E-state index contributed by atoms with van der Waals surface area (Å²) in [5.41, 5.74) is 1.06. The summed E-state index contributed by atoms with van der Waals surface area (Å²) in [4.78, 5) is 21.2. The van der Waals surface area contributed by atoms with E-state index in [2.05, 4.69) is 15.3 Å². The average molecular weight is 323 g/mol. The second-order valence-electron chi connectivity index (χ2n) is 6.18. The van der Waals surface area contributed by atoms with E-state index in [1.54, 1.807) is 11.3 Å². The number of carbonyl (C=O) groups excluding carboxylic acids is 1. The van der Waals surface area contributed by atoms with Crippen molar-refractivity contribution < 1.29 is 9.53 Å². The summed E-state index contributed by atoms with van der Waals surface area (Å²) in [6, 6.07) is 0. The lowest BCUT2D eigenvalue weighted by molar-refractivity contribution is -0.132. The zero-order valence-corrected chi connectivity index (χ0v) is 14.1. The molecule has 2 aliphatic heterocycles. The van der Waals surface area contributed by atoms with Crippen LogP contribution in [-0.2, 0) is 9.53 Å². The van der Waals surface area contributed by atoms with Crippen LogP contribution in [-0.4, -0.2) is 60.0 Å². The van der Waals surface area contributed by atoms with Gasteiger partial charge < -0.3 is 9.64 Å². The number of carbonyl (C=O) groups is 1. The molecular weight excluding hydrogens is 298 g/mol. The van der Waals surface area contributed by atoms with Crippen LogP contribution in [0.2, 0.25) is 0 Å². The van der Waals surface area contributed by atoms with Gasteiger partial charge in [-0.1, -0.05) is 0 Å². The minimum absolute atomic E-state index is 0.0672. The molecule has 2 saturated heterocycles. The highest BCUT2D eigenvalue weighted by Crippen LogP contribution is 2.25. The lowest BCUT2D eigenvalue weighted by Crippen LogP contribution is -2.42. The fraction of sp³-hybridized carbons (Fsp3) is 0.750. The van der Waals surface area contributed by atoms with E-state index in [9.17, 15) is 4.79 Å². The SMILES string of the molecule is Cc1csc([C@@H]2CN(CCC(=O)N3CCCCC3)CCO2)n1. The summed E-state index contributed by atoms with van der Waals surface area (Å²) < 4.78 is 5.84. The molecule has 1 aromatic heterocycles. The smallest absolute Gasteiger partial charge is 0.223 e. The number of rotatable bonds is 4. The fourth-order valence-corrected chi connectivity index (χ4v) is 3.97. The van der Waals surface area contributed by atoms with E-state index in [1.807, 2.05) is 11.8 Å². The maximum atomic E-state index is 12.3. The van der Waals surface area contributed by atoms with Crippen molar-refractivity contribution in [2.75, 3.05) is 39.3 Å². The molecule has 2 aliphatic rings. The number of piperidine rings is 1. The fourth-order valence-electron chi connectivity index (χ4n) is 3.13. The van der Waals surface area contributed by atoms with E-state index in [4.69, 9.17) is 4.74 Å². The van der Waals surface area contributed by atoms with Crippen molar-refractivity contribution >= 4 is 17.2 Å². The highest BCUT2D eigenvalue weighted by Gasteiger charge is 2.25. The number of aryl methyl sites for hydroxylation is 1. The molecule has 0 unspecified atom stereocenters. The number of hydrogen-bond donors (Lipinski definition) is 0. The van der Waals surface area contributed by atoms with Gasteiger partial charge in [-0.3, -0.25) is 9.69 Å². The van der Waals surface area contributed by atoms with Gasteiger partial charge in [0.25, 0.3) is 0 Å². The highest BCUT2D eigenvalue weighted by molar-refractivity contribution is 7.09. The summed E-state index contributed by atoms with van der Waals surface area (Å²) in [7, 11) is 0. The van der Waals surface area contributed by atoms with E-state index in [-0.39, 0.29) is 6.10 Å². The highest BCUT2D eigenvalue weighted by atomic mass is 32.1. The van der Waals surface area contributed by atoms with Crippen molar-refractivity contribution in [2.45, 2.75) is 38.7 Å². The van der Waals surface area contributed by atoms with Gasteiger partial charge in [0.1, 0.15) is 11.1 Å². The summed E-state index contributed by atoms with van der Waals surface area (Å²) in [5.74, 6) is 0.313. The average Bonchev–Trinajstić information content (AvgIpc) is 3.00. The Kier molecular flexibility index (Phi) is 5.44. The lowest BCUT2D eigenvalue weighted by Gasteiger charge is -2.33. The number of aromatic nitrogens is 1. The van der Waals surface area contributed by atoms with Crippen LogP contribution in [0, 0.1) is 6.92 Å². The van der Waals surface area contributed by atoms with Crippen molar-refractivity contribution in [2.24, 2.45) is 0 Å². The molecule has 0 saturated carbocycles. The van der Waals surface area contributed by atoms with Crippen molar-refractivity contribution in [3.05, 3.63) is 16.1 Å². The Bertz CT molecular complexity index is 499. The molecule has 0 aromatic carbocycles. The van der Waals surface area contributed by atoms with E-state index >= 15 is 0 Å². The number of likely N-dealkylation sites (tertiary alicyclic amines) is 1. The van der Waals surface area contributed by atoms with Gasteiger partial charge in [-0.05, 0) is 26.2 Å². The zero-order chi connectivity index (χ0) is 15.4. The van der Waals surface area contributed by atoms with Gasteiger partial charge in [0, 0.05) is 50.2 Å². The van der Waals surface area contributed by atoms with Gasteiger partial charge in [0.15, 0.2) is 0 Å². The molecule has 0 N–H and O–H groups in total. The van der Waals surface area contributed by atoms with Crippen LogP contribution in [0.25, 0.3) is 0 Å². The third kappa shape index (κ3) is 4.06. The van der Waals surface area contributed by atoms with E-state index in [0.29, 0.717) is 12.3 Å². The normalized spacial score (nSPS) is 23.7. The van der Waals surface area contributed by atoms with Crippen molar-refractivity contribution in [1.82, 2.24) is 14.8 Å². The second-order valence-corrected chi connectivity index (χ2v) is 7.07. The summed E-state index contributed by atoms with van der Waals surface area (Å²) in [6.07, 6.45) is 4.28. The van der Waals surface area contributed by atoms with Gasteiger partial charge in [0.05, 0.1) is 6.61 Å². The summed E-state index contributed by atoms with van der Waals surface area (Å²) in [6.45, 7) is 7.22. The molecule has 122 valence electrons. The molecule has 5 nitrogen and oxygen atoms in total. The topological polar surface area (TPSA) is 45.7 Å². The quantitative estimate of drug-likeness (QED) is 0.852. The van der Waals surface area contributed by atoms with Gasteiger partial charge in [-0.15, -0.1) is 11.3 Å². The van der Waals surface area contributed by atoms with Gasteiger partial charge in [-0.25, -0.2) is 4.98 Å². The van der Waals surface area contributed by atoms with Crippen LogP contribution in [0.5, 0.6) is 0 Å². The third-order valence-electron chi connectivity index (χ3n) is 4.41. The van der Waals surface area contributed by atoms with E-state index < -0.39 is 0 Å². The Labute approximate surface area is 136 Å². The Morgan fingerprint density at radius 2 is 2.18 bits per heavy atom. The van der Waals surface area contributed by atoms with Crippen LogP contribution < -0.4 is 0 Å². The number of ether oxygens (including phenoxy) is 1. The minimum atomic E-state index is 0.0672. The Hall–Kier alpha value is -0.980. The van der Waals surface area contributed by atoms with Crippen LogP contribution in [0.1, 0.15) is 42.5 Å². The van der Waals surface area contributed by atoms with Gasteiger partial charge in [-0.2, -0.15) is 0 Å². The van der Waals surface area contributed by atoms with E-state index in [0.717, 1.165) is 62.9 Å². The first-order valence-corrected chi connectivity index (χ1v) is 9.14. The first-order chi connectivity index (χ1) is 10.7. The zero-order valence-electron chi connectivity index (χ0n) is 13.3. The molecule has 1 amide bonds. The molecule has 0 spiro atoms. The maximum Gasteiger partial charge on any atom is 0.223 e. The van der Waals surface area contributed by atoms with Gasteiger partial charge >= 0.3 is 0 Å². The predicted octanol–water partition coefficient (Wildman–Crippen LogP) is 2.23. The first kappa shape index (κ1) is 15.9. The molecule has 1 atom stereocenters. The number of nitrogens with zero attached hydrogens (tertiary/aromatic N) is 3. The predicted molar refractivity (Wildman–Crippen MR) is 87.0 cm³/mol. The molecule has 2 fully saturated rings. The summed E-state index contributed by atoms with van der Waals surface area (Å²) in [5, 5.41) is 3.13. The van der Waals surface area contributed by atoms with Crippen LogP contribution >= 0.6 is 11.3 Å². The number of thiazole rings is 1. The number of hydrogen-bond acceptors (Lipinski definition) is 5. The molecule has 1 aromatic rings. The van der Waals surface area contributed by atoms with E-state index in [1.165, 1.54) is 6.42 Å². The third-order valence-corrected chi connectivity index (χ3v) is 5.47. The standard InChI is InChI=1S/C16H25N3O2S/c1-13-12-22-16(17-13)14-11-18(9-10-21-14)8-5-15(20)19-6-3-2-4-7-19/h12,14H,2-11H2,1H3/t14-/m0/s1. The molecule has 0 radical (unpaired) electrons. The Balaban J connectivity index is 1.47. The molecule has 3 heterocycles. The van der Waals surface area contributed by atoms with Gasteiger partial charge in [0.2, 0.25) is 5.91 Å². The van der Waals surface area contributed by atoms with Crippen LogP contribution in [0.3, 0.4) is 0 Å². The molecule has 3 rings (SSSR count). The van der Waals surface area contributed by atoms with Crippen molar-refractivity contribution in [1.29, 1.82) is 0 Å². The maximum absolute atomic E-state index is 12.3. The largest absolute Gasteiger partial charge is 0.368 e. The lowest BCUT2D eigenvalue weighted by atomic mass is 10.1. The monoisotopic (exact) mass is 323 g/mol. The second kappa shape index (κ2) is 7.53.